The van der Waals surface area contributed by atoms with Crippen LogP contribution in [0.5, 0.6) is 0 Å². The van der Waals surface area contributed by atoms with Gasteiger partial charge in [-0.25, -0.2) is 13.1 Å². The molecule has 0 amide bonds. The molecule has 0 aliphatic carbocycles. The minimum absolute atomic E-state index is 0. The maximum Gasteiger partial charge on any atom is 0.241 e. The van der Waals surface area contributed by atoms with E-state index >= 15 is 0 Å². The number of halogens is 1. The summed E-state index contributed by atoms with van der Waals surface area (Å²) in [6.45, 7) is 11.6. The normalized spacial score (nSPS) is 16.4. The third-order valence-electron chi connectivity index (χ3n) is 4.86. The average molecular weight is 347 g/mol. The van der Waals surface area contributed by atoms with Crippen LogP contribution in [0.4, 0.5) is 0 Å². The molecule has 1 aliphatic heterocycles. The number of piperidine rings is 1. The summed E-state index contributed by atoms with van der Waals surface area (Å²) < 4.78 is 28.6. The average Bonchev–Trinajstić information content (AvgIpc) is 2.43. The second-order valence-corrected chi connectivity index (χ2v) is 7.75. The summed E-state index contributed by atoms with van der Waals surface area (Å²) in [6, 6.07) is 0.0389. The number of hydrogen-bond acceptors (Lipinski definition) is 3. The third kappa shape index (κ3) is 3.65. The lowest BCUT2D eigenvalue weighted by molar-refractivity contribution is 0.427. The molecule has 1 aliphatic rings. The molecule has 0 aromatic heterocycles. The van der Waals surface area contributed by atoms with Crippen molar-refractivity contribution in [2.45, 2.75) is 58.4 Å². The van der Waals surface area contributed by atoms with Gasteiger partial charge in [-0.1, -0.05) is 0 Å². The number of rotatable bonds is 3. The highest BCUT2D eigenvalue weighted by Crippen LogP contribution is 2.29. The molecule has 2 N–H and O–H groups in total. The summed E-state index contributed by atoms with van der Waals surface area (Å²) in [7, 11) is -3.46. The van der Waals surface area contributed by atoms with E-state index in [2.05, 4.69) is 17.0 Å². The summed E-state index contributed by atoms with van der Waals surface area (Å²) in [6.07, 6.45) is 1.70. The molecule has 6 heteroatoms. The highest BCUT2D eigenvalue weighted by Gasteiger charge is 2.26. The van der Waals surface area contributed by atoms with Crippen LogP contribution in [0.2, 0.25) is 0 Å². The van der Waals surface area contributed by atoms with Gasteiger partial charge in [0.2, 0.25) is 10.0 Å². The lowest BCUT2D eigenvalue weighted by atomic mass is 9.95. The van der Waals surface area contributed by atoms with Gasteiger partial charge in [0.05, 0.1) is 4.90 Å². The highest BCUT2D eigenvalue weighted by atomic mass is 35.5. The van der Waals surface area contributed by atoms with Crippen LogP contribution >= 0.6 is 12.4 Å². The molecule has 2 rings (SSSR count). The van der Waals surface area contributed by atoms with Crippen molar-refractivity contribution in [1.29, 1.82) is 0 Å². The minimum Gasteiger partial charge on any atom is -0.317 e. The lowest BCUT2D eigenvalue weighted by Crippen LogP contribution is -2.43. The van der Waals surface area contributed by atoms with E-state index in [-0.39, 0.29) is 18.4 Å². The Morgan fingerprint density at radius 1 is 0.864 bits per heavy atom. The van der Waals surface area contributed by atoms with Gasteiger partial charge in [-0.05, 0) is 88.4 Å². The van der Waals surface area contributed by atoms with Gasteiger partial charge in [-0.3, -0.25) is 0 Å². The highest BCUT2D eigenvalue weighted by molar-refractivity contribution is 7.89. The van der Waals surface area contributed by atoms with E-state index in [4.69, 9.17) is 0 Å². The molecule has 1 fully saturated rings. The molecule has 0 unspecified atom stereocenters. The van der Waals surface area contributed by atoms with E-state index in [9.17, 15) is 8.42 Å². The Morgan fingerprint density at radius 3 is 1.73 bits per heavy atom. The van der Waals surface area contributed by atoms with Gasteiger partial charge in [0.1, 0.15) is 0 Å². The predicted octanol–water partition coefficient (Wildman–Crippen LogP) is 2.68. The lowest BCUT2D eigenvalue weighted by Gasteiger charge is -2.25. The molecule has 1 aromatic rings. The third-order valence-corrected chi connectivity index (χ3v) is 6.65. The van der Waals surface area contributed by atoms with Crippen LogP contribution in [0.25, 0.3) is 0 Å². The zero-order valence-corrected chi connectivity index (χ0v) is 15.7. The van der Waals surface area contributed by atoms with E-state index in [1.165, 1.54) is 5.56 Å². The first-order valence-corrected chi connectivity index (χ1v) is 9.04. The summed E-state index contributed by atoms with van der Waals surface area (Å²) in [5.41, 5.74) is 5.08. The Morgan fingerprint density at radius 2 is 1.27 bits per heavy atom. The standard InChI is InChI=1S/C16H26N2O2S.ClH/c1-10-11(2)13(4)16(14(5)12(10)3)21(19,20)18-15-6-8-17-9-7-15;/h15,17-18H,6-9H2,1-5H3;1H. The molecule has 1 aromatic carbocycles. The fourth-order valence-electron chi connectivity index (χ4n) is 3.09. The topological polar surface area (TPSA) is 58.2 Å². The Balaban J connectivity index is 0.00000242. The molecule has 0 spiro atoms. The van der Waals surface area contributed by atoms with Crippen LogP contribution in [0.3, 0.4) is 0 Å². The molecule has 0 radical (unpaired) electrons. The SMILES string of the molecule is Cc1c(C)c(C)c(S(=O)(=O)NC2CCNCC2)c(C)c1C.Cl. The van der Waals surface area contributed by atoms with E-state index in [1.54, 1.807) is 0 Å². The van der Waals surface area contributed by atoms with Crippen LogP contribution < -0.4 is 10.0 Å². The first-order chi connectivity index (χ1) is 9.75. The summed E-state index contributed by atoms with van der Waals surface area (Å²) in [5, 5.41) is 3.25. The summed E-state index contributed by atoms with van der Waals surface area (Å²) >= 11 is 0. The molecule has 0 atom stereocenters. The monoisotopic (exact) mass is 346 g/mol. The zero-order valence-electron chi connectivity index (χ0n) is 14.0. The van der Waals surface area contributed by atoms with Crippen LogP contribution in [0, 0.1) is 34.6 Å². The van der Waals surface area contributed by atoms with Crippen molar-refractivity contribution in [3.8, 4) is 0 Å². The van der Waals surface area contributed by atoms with Gasteiger partial charge in [0.25, 0.3) is 0 Å². The Bertz CT molecular complexity index is 622. The van der Waals surface area contributed by atoms with Gasteiger partial charge in [0, 0.05) is 6.04 Å². The Kier molecular flexibility index (Phi) is 6.45. The second kappa shape index (κ2) is 7.30. The summed E-state index contributed by atoms with van der Waals surface area (Å²) in [5.74, 6) is 0. The number of benzene rings is 1. The van der Waals surface area contributed by atoms with E-state index in [1.807, 2.05) is 27.7 Å². The predicted molar refractivity (Wildman–Crippen MR) is 93.6 cm³/mol. The summed E-state index contributed by atoms with van der Waals surface area (Å²) in [4.78, 5) is 0.474. The molecule has 0 saturated carbocycles. The maximum absolute atomic E-state index is 12.8. The van der Waals surface area contributed by atoms with Gasteiger partial charge >= 0.3 is 0 Å². The van der Waals surface area contributed by atoms with Crippen LogP contribution in [0.15, 0.2) is 4.90 Å². The largest absolute Gasteiger partial charge is 0.317 e. The molecule has 4 nitrogen and oxygen atoms in total. The van der Waals surface area contributed by atoms with Crippen LogP contribution in [-0.4, -0.2) is 27.5 Å². The zero-order chi connectivity index (χ0) is 15.8. The smallest absolute Gasteiger partial charge is 0.241 e. The maximum atomic E-state index is 12.8. The van der Waals surface area contributed by atoms with E-state index in [0.717, 1.165) is 48.2 Å². The molecule has 126 valence electrons. The first kappa shape index (κ1) is 19.4. The minimum atomic E-state index is -3.46. The molecule has 22 heavy (non-hydrogen) atoms. The van der Waals surface area contributed by atoms with Crippen LogP contribution in [-0.2, 0) is 10.0 Å². The Labute approximate surface area is 140 Å². The first-order valence-electron chi connectivity index (χ1n) is 7.55. The van der Waals surface area contributed by atoms with Gasteiger partial charge in [-0.15, -0.1) is 12.4 Å². The fraction of sp³-hybridized carbons (Fsp3) is 0.625. The van der Waals surface area contributed by atoms with Crippen molar-refractivity contribution in [2.75, 3.05) is 13.1 Å². The van der Waals surface area contributed by atoms with Crippen LogP contribution in [0.1, 0.15) is 40.7 Å². The van der Waals surface area contributed by atoms with Gasteiger partial charge < -0.3 is 5.32 Å². The molecular weight excluding hydrogens is 320 g/mol. The van der Waals surface area contributed by atoms with E-state index in [0.29, 0.717) is 4.90 Å². The number of sulfonamides is 1. The molecule has 0 bridgehead atoms. The van der Waals surface area contributed by atoms with Crippen molar-refractivity contribution in [3.05, 3.63) is 27.8 Å². The quantitative estimate of drug-likeness (QED) is 0.884. The van der Waals surface area contributed by atoms with Crippen molar-refractivity contribution in [1.82, 2.24) is 10.0 Å². The van der Waals surface area contributed by atoms with Crippen molar-refractivity contribution < 1.29 is 8.42 Å². The number of nitrogens with one attached hydrogen (secondary N) is 2. The fourth-order valence-corrected chi connectivity index (χ4v) is 4.99. The van der Waals surface area contributed by atoms with Gasteiger partial charge in [-0.2, -0.15) is 0 Å². The molecular formula is C16H27ClN2O2S. The van der Waals surface area contributed by atoms with Gasteiger partial charge in [0.15, 0.2) is 0 Å². The van der Waals surface area contributed by atoms with E-state index < -0.39 is 10.0 Å². The molecule has 1 saturated heterocycles. The number of hydrogen-bond donors (Lipinski definition) is 2. The second-order valence-electron chi connectivity index (χ2n) is 6.10. The Hall–Kier alpha value is -0.620. The van der Waals surface area contributed by atoms with Crippen molar-refractivity contribution >= 4 is 22.4 Å². The van der Waals surface area contributed by atoms with Crippen molar-refractivity contribution in [2.24, 2.45) is 0 Å². The molecule has 1 heterocycles. The van der Waals surface area contributed by atoms with Crippen molar-refractivity contribution in [3.63, 3.8) is 0 Å².